The van der Waals surface area contributed by atoms with Crippen molar-refractivity contribution in [2.24, 2.45) is 5.92 Å². The van der Waals surface area contributed by atoms with Crippen molar-refractivity contribution in [3.63, 3.8) is 0 Å². The molecule has 3 N–H and O–H groups in total. The van der Waals surface area contributed by atoms with Crippen molar-refractivity contribution in [3.8, 4) is 0 Å². The van der Waals surface area contributed by atoms with Crippen LogP contribution in [0.3, 0.4) is 0 Å². The molecule has 5 nitrogen and oxygen atoms in total. The van der Waals surface area contributed by atoms with E-state index in [1.807, 2.05) is 0 Å². The van der Waals surface area contributed by atoms with Crippen molar-refractivity contribution in [2.45, 2.75) is 167 Å². The van der Waals surface area contributed by atoms with Gasteiger partial charge < -0.3 is 24.8 Å². The van der Waals surface area contributed by atoms with Crippen molar-refractivity contribution in [1.82, 2.24) is 0 Å². The highest BCUT2D eigenvalue weighted by Gasteiger charge is 2.38. The molecule has 0 bridgehead atoms. The zero-order valence-corrected chi connectivity index (χ0v) is 22.6. The van der Waals surface area contributed by atoms with E-state index in [4.69, 9.17) is 9.47 Å². The van der Waals surface area contributed by atoms with Crippen LogP contribution in [0.1, 0.15) is 142 Å². The lowest BCUT2D eigenvalue weighted by Crippen LogP contribution is -2.53. The van der Waals surface area contributed by atoms with Crippen molar-refractivity contribution in [1.29, 1.82) is 0 Å². The fourth-order valence-corrected chi connectivity index (χ4v) is 4.96. The van der Waals surface area contributed by atoms with Crippen LogP contribution < -0.4 is 0 Å². The summed E-state index contributed by atoms with van der Waals surface area (Å²) in [5.74, 6) is 0.467. The zero-order valence-electron chi connectivity index (χ0n) is 22.6. The van der Waals surface area contributed by atoms with Gasteiger partial charge in [0.2, 0.25) is 0 Å². The van der Waals surface area contributed by atoms with Crippen LogP contribution in [0.2, 0.25) is 0 Å². The summed E-state index contributed by atoms with van der Waals surface area (Å²) in [6.45, 7) is 5.09. The molecule has 1 aliphatic rings. The maximum absolute atomic E-state index is 10.2. The summed E-state index contributed by atoms with van der Waals surface area (Å²) in [5, 5.41) is 29.7. The van der Waals surface area contributed by atoms with E-state index < -0.39 is 24.6 Å². The van der Waals surface area contributed by atoms with Gasteiger partial charge >= 0.3 is 0 Å². The number of rotatable bonds is 23. The van der Waals surface area contributed by atoms with Gasteiger partial charge in [-0.05, 0) is 18.8 Å². The summed E-state index contributed by atoms with van der Waals surface area (Å²) in [6.07, 6.45) is 22.1. The third-order valence-corrected chi connectivity index (χ3v) is 7.38. The Morgan fingerprint density at radius 2 is 1.03 bits per heavy atom. The first-order chi connectivity index (χ1) is 16.6. The maximum atomic E-state index is 10.2. The van der Waals surface area contributed by atoms with Gasteiger partial charge in [-0.25, -0.2) is 0 Å². The summed E-state index contributed by atoms with van der Waals surface area (Å²) in [4.78, 5) is 0. The van der Waals surface area contributed by atoms with E-state index in [9.17, 15) is 15.3 Å². The second kappa shape index (κ2) is 22.0. The number of unbranched alkanes of at least 4 members (excludes halogenated alkanes) is 16. The van der Waals surface area contributed by atoms with Gasteiger partial charge in [0, 0.05) is 0 Å². The second-order valence-electron chi connectivity index (χ2n) is 10.7. The van der Waals surface area contributed by atoms with Crippen molar-refractivity contribution < 1.29 is 24.8 Å². The Morgan fingerprint density at radius 1 is 0.618 bits per heavy atom. The first-order valence-electron chi connectivity index (χ1n) is 14.9. The standard InChI is InChI=1S/C29H58O5/c1-3-5-7-9-11-13-14-16-18-20-22-25(21-19-17-15-12-10-8-6-4-2)23-33-29-28(32)27(31)26(30)24-34-29/h25-32H,3-24H2,1-2H3/t25?,26-,27-,28+,29+/m1/s1. The van der Waals surface area contributed by atoms with E-state index in [0.717, 1.165) is 12.8 Å². The highest BCUT2D eigenvalue weighted by atomic mass is 16.7. The van der Waals surface area contributed by atoms with Gasteiger partial charge in [-0.15, -0.1) is 0 Å². The van der Waals surface area contributed by atoms with E-state index in [0.29, 0.717) is 12.5 Å². The molecule has 1 rings (SSSR count). The summed E-state index contributed by atoms with van der Waals surface area (Å²) in [7, 11) is 0. The lowest BCUT2D eigenvalue weighted by atomic mass is 9.94. The molecule has 0 aromatic carbocycles. The molecule has 5 atom stereocenters. The number of hydrogen-bond acceptors (Lipinski definition) is 5. The van der Waals surface area contributed by atoms with E-state index in [-0.39, 0.29) is 6.61 Å². The summed E-state index contributed by atoms with van der Waals surface area (Å²) >= 11 is 0. The predicted molar refractivity (Wildman–Crippen MR) is 141 cm³/mol. The molecule has 204 valence electrons. The monoisotopic (exact) mass is 486 g/mol. The van der Waals surface area contributed by atoms with Crippen molar-refractivity contribution >= 4 is 0 Å². The van der Waals surface area contributed by atoms with Crippen LogP contribution in [0.4, 0.5) is 0 Å². The molecule has 0 saturated carbocycles. The van der Waals surface area contributed by atoms with Crippen LogP contribution in [0, 0.1) is 5.92 Å². The minimum absolute atomic E-state index is 0.00400. The van der Waals surface area contributed by atoms with Gasteiger partial charge in [0.05, 0.1) is 13.2 Å². The molecule has 0 aliphatic carbocycles. The minimum Gasteiger partial charge on any atom is -0.388 e. The van der Waals surface area contributed by atoms with E-state index in [1.54, 1.807) is 0 Å². The SMILES string of the molecule is CCCCCCCCCCCCC(CCCCCCCCCC)CO[C@H]1OC[C@@H](O)[C@@H](O)[C@@H]1O. The van der Waals surface area contributed by atoms with Crippen LogP contribution in [0.25, 0.3) is 0 Å². The first kappa shape index (κ1) is 31.8. The average Bonchev–Trinajstić information content (AvgIpc) is 2.84. The Morgan fingerprint density at radius 3 is 1.47 bits per heavy atom. The quantitative estimate of drug-likeness (QED) is 0.137. The Labute approximate surface area is 211 Å². The lowest BCUT2D eigenvalue weighted by Gasteiger charge is -2.35. The van der Waals surface area contributed by atoms with Crippen LogP contribution in [-0.2, 0) is 9.47 Å². The Bertz CT molecular complexity index is 433. The normalized spacial score (nSPS) is 23.9. The molecule has 0 radical (unpaired) electrons. The maximum Gasteiger partial charge on any atom is 0.186 e. The lowest BCUT2D eigenvalue weighted by molar-refractivity contribution is -0.272. The van der Waals surface area contributed by atoms with E-state index in [1.165, 1.54) is 116 Å². The van der Waals surface area contributed by atoms with Gasteiger partial charge in [-0.1, -0.05) is 129 Å². The molecular weight excluding hydrogens is 428 g/mol. The van der Waals surface area contributed by atoms with Crippen LogP contribution in [0.5, 0.6) is 0 Å². The predicted octanol–water partition coefficient (Wildman–Crippen LogP) is 6.90. The molecule has 1 fully saturated rings. The zero-order chi connectivity index (χ0) is 24.9. The first-order valence-corrected chi connectivity index (χ1v) is 14.9. The summed E-state index contributed by atoms with van der Waals surface area (Å²) < 4.78 is 11.3. The molecule has 1 saturated heterocycles. The second-order valence-corrected chi connectivity index (χ2v) is 10.7. The fraction of sp³-hybridized carbons (Fsp3) is 1.00. The van der Waals surface area contributed by atoms with Gasteiger partial charge in [-0.2, -0.15) is 0 Å². The number of aliphatic hydroxyl groups is 3. The fourth-order valence-electron chi connectivity index (χ4n) is 4.96. The van der Waals surface area contributed by atoms with Gasteiger partial charge in [0.15, 0.2) is 6.29 Å². The molecule has 1 unspecified atom stereocenters. The Balaban J connectivity index is 2.25. The topological polar surface area (TPSA) is 79.2 Å². The third kappa shape index (κ3) is 15.7. The molecule has 0 spiro atoms. The third-order valence-electron chi connectivity index (χ3n) is 7.38. The smallest absolute Gasteiger partial charge is 0.186 e. The molecule has 0 aromatic rings. The number of hydrogen-bond donors (Lipinski definition) is 3. The van der Waals surface area contributed by atoms with E-state index >= 15 is 0 Å². The highest BCUT2D eigenvalue weighted by molar-refractivity contribution is 4.82. The number of aliphatic hydroxyl groups excluding tert-OH is 3. The Hall–Kier alpha value is -0.200. The van der Waals surface area contributed by atoms with Crippen LogP contribution in [-0.4, -0.2) is 53.1 Å². The van der Waals surface area contributed by atoms with Crippen LogP contribution >= 0.6 is 0 Å². The molecule has 34 heavy (non-hydrogen) atoms. The van der Waals surface area contributed by atoms with Gasteiger partial charge in [-0.3, -0.25) is 0 Å². The van der Waals surface area contributed by atoms with Crippen LogP contribution in [0.15, 0.2) is 0 Å². The average molecular weight is 487 g/mol. The van der Waals surface area contributed by atoms with E-state index in [2.05, 4.69) is 13.8 Å². The number of ether oxygens (including phenoxy) is 2. The molecular formula is C29H58O5. The molecule has 5 heteroatoms. The summed E-state index contributed by atoms with van der Waals surface area (Å²) in [6, 6.07) is 0. The molecule has 0 aromatic heterocycles. The Kier molecular flexibility index (Phi) is 20.6. The largest absolute Gasteiger partial charge is 0.388 e. The highest BCUT2D eigenvalue weighted by Crippen LogP contribution is 2.23. The summed E-state index contributed by atoms with van der Waals surface area (Å²) in [5.41, 5.74) is 0. The van der Waals surface area contributed by atoms with Gasteiger partial charge in [0.25, 0.3) is 0 Å². The molecule has 1 heterocycles. The van der Waals surface area contributed by atoms with Crippen molar-refractivity contribution in [2.75, 3.05) is 13.2 Å². The molecule has 0 amide bonds. The van der Waals surface area contributed by atoms with Crippen molar-refractivity contribution in [3.05, 3.63) is 0 Å². The van der Waals surface area contributed by atoms with Gasteiger partial charge in [0.1, 0.15) is 18.3 Å². The minimum atomic E-state index is -1.20. The molecule has 1 aliphatic heterocycles.